The lowest BCUT2D eigenvalue weighted by Crippen LogP contribution is -2.37. The van der Waals surface area contributed by atoms with Gasteiger partial charge in [0.15, 0.2) is 11.6 Å². The zero-order valence-corrected chi connectivity index (χ0v) is 20.1. The van der Waals surface area contributed by atoms with Gasteiger partial charge in [0.2, 0.25) is 5.95 Å². The smallest absolute Gasteiger partial charge is 0.231 e. The summed E-state index contributed by atoms with van der Waals surface area (Å²) in [7, 11) is -0.675. The first-order valence-corrected chi connectivity index (χ1v) is 13.2. The Morgan fingerprint density at radius 2 is 1.91 bits per heavy atom. The van der Waals surface area contributed by atoms with Crippen molar-refractivity contribution in [2.45, 2.75) is 38.1 Å². The Labute approximate surface area is 202 Å². The van der Waals surface area contributed by atoms with Crippen LogP contribution in [0.15, 0.2) is 18.2 Å². The number of aromatic nitrogens is 2. The van der Waals surface area contributed by atoms with Crippen LogP contribution in [0.4, 0.5) is 29.0 Å². The fourth-order valence-corrected chi connectivity index (χ4v) is 5.35. The van der Waals surface area contributed by atoms with E-state index >= 15 is 0 Å². The molecular formula is C23H30ClN7OS. The van der Waals surface area contributed by atoms with E-state index in [9.17, 15) is 4.21 Å². The van der Waals surface area contributed by atoms with Gasteiger partial charge >= 0.3 is 0 Å². The molecule has 1 aliphatic heterocycles. The number of hydrogen-bond acceptors (Lipinski definition) is 8. The molecule has 1 saturated carbocycles. The van der Waals surface area contributed by atoms with Gasteiger partial charge in [0.1, 0.15) is 5.69 Å². The fourth-order valence-electron chi connectivity index (χ4n) is 3.99. The third-order valence-electron chi connectivity index (χ3n) is 5.94. The predicted octanol–water partition coefficient (Wildman–Crippen LogP) is 3.20. The maximum absolute atomic E-state index is 11.5. The molecule has 2 heterocycles. The van der Waals surface area contributed by atoms with E-state index in [0.717, 1.165) is 43.0 Å². The van der Waals surface area contributed by atoms with E-state index in [2.05, 4.69) is 37.3 Å². The highest BCUT2D eigenvalue weighted by atomic mass is 35.5. The number of nitrogen functional groups attached to an aromatic ring is 2. The minimum Gasteiger partial charge on any atom is -0.393 e. The Morgan fingerprint density at radius 1 is 1.15 bits per heavy atom. The molecule has 1 aliphatic carbocycles. The van der Waals surface area contributed by atoms with Gasteiger partial charge in [0.25, 0.3) is 0 Å². The van der Waals surface area contributed by atoms with Crippen LogP contribution in [0, 0.1) is 11.8 Å². The number of nitrogens with zero attached hydrogens (tertiary/aromatic N) is 3. The first-order valence-electron chi connectivity index (χ1n) is 11.3. The molecule has 1 saturated heterocycles. The van der Waals surface area contributed by atoms with E-state index in [4.69, 9.17) is 23.1 Å². The van der Waals surface area contributed by atoms with Crippen molar-refractivity contribution >= 4 is 51.4 Å². The van der Waals surface area contributed by atoms with Gasteiger partial charge in [-0.05, 0) is 31.0 Å². The Morgan fingerprint density at radius 3 is 2.64 bits per heavy atom. The van der Waals surface area contributed by atoms with Crippen molar-refractivity contribution in [2.75, 3.05) is 53.2 Å². The van der Waals surface area contributed by atoms with Crippen molar-refractivity contribution in [1.29, 1.82) is 0 Å². The molecule has 176 valence electrons. The van der Waals surface area contributed by atoms with Crippen molar-refractivity contribution in [2.24, 2.45) is 0 Å². The molecule has 2 fully saturated rings. The fraction of sp³-hybridized carbons (Fsp3) is 0.478. The number of nitrogens with two attached hydrogens (primary N) is 2. The van der Waals surface area contributed by atoms with E-state index in [-0.39, 0.29) is 5.82 Å². The molecule has 33 heavy (non-hydrogen) atoms. The third kappa shape index (κ3) is 6.50. The first kappa shape index (κ1) is 23.6. The van der Waals surface area contributed by atoms with E-state index in [1.165, 1.54) is 19.3 Å². The predicted molar refractivity (Wildman–Crippen MR) is 137 cm³/mol. The van der Waals surface area contributed by atoms with Crippen LogP contribution in [-0.4, -0.2) is 56.3 Å². The molecule has 2 aromatic rings. The number of hydrogen-bond donors (Lipinski definition) is 4. The summed E-state index contributed by atoms with van der Waals surface area (Å²) in [6.07, 6.45) is 5.86. The maximum Gasteiger partial charge on any atom is 0.231 e. The minimum atomic E-state index is -0.675. The zero-order chi connectivity index (χ0) is 23.2. The summed E-state index contributed by atoms with van der Waals surface area (Å²) in [5.41, 5.74) is 14.0. The lowest BCUT2D eigenvalue weighted by molar-refractivity contribution is 0.337. The van der Waals surface area contributed by atoms with Crippen LogP contribution in [0.25, 0.3) is 0 Å². The molecule has 0 spiro atoms. The highest BCUT2D eigenvalue weighted by Gasteiger charge is 2.18. The summed E-state index contributed by atoms with van der Waals surface area (Å²) in [5, 5.41) is 7.08. The number of anilines is 5. The summed E-state index contributed by atoms with van der Waals surface area (Å²) in [4.78, 5) is 11.0. The highest BCUT2D eigenvalue weighted by molar-refractivity contribution is 7.85. The van der Waals surface area contributed by atoms with Crippen LogP contribution in [0.3, 0.4) is 0 Å². The van der Waals surface area contributed by atoms with Crippen LogP contribution in [-0.2, 0) is 10.8 Å². The van der Waals surface area contributed by atoms with Crippen molar-refractivity contribution in [3.8, 4) is 11.8 Å². The molecule has 4 rings (SSSR count). The normalized spacial score (nSPS) is 17.8. The quantitative estimate of drug-likeness (QED) is 0.474. The van der Waals surface area contributed by atoms with Gasteiger partial charge < -0.3 is 22.1 Å². The number of halogens is 1. The Kier molecular flexibility index (Phi) is 7.91. The van der Waals surface area contributed by atoms with Gasteiger partial charge in [0, 0.05) is 47.0 Å². The lowest BCUT2D eigenvalue weighted by atomic mass is 9.95. The molecule has 0 amide bonds. The average Bonchev–Trinajstić information content (AvgIpc) is 2.81. The Balaban J connectivity index is 1.41. The van der Waals surface area contributed by atoms with Gasteiger partial charge in [-0.25, -0.2) is 0 Å². The standard InChI is InChI=1S/C23H30ClN7OS/c24-18-15-16(5-4-10-31-11-13-33(32)14-12-31)8-9-19(18)28-23-29-21(26)20(25)22(30-23)27-17-6-2-1-3-7-17/h8-9,15,17H,1-3,6-7,10-14,25H2,(H4,26,27,28,29,30). The van der Waals surface area contributed by atoms with Crippen molar-refractivity contribution in [3.05, 3.63) is 28.8 Å². The largest absolute Gasteiger partial charge is 0.393 e. The van der Waals surface area contributed by atoms with Gasteiger partial charge in [0.05, 0.1) is 17.3 Å². The molecule has 8 nitrogen and oxygen atoms in total. The van der Waals surface area contributed by atoms with Gasteiger partial charge in [-0.2, -0.15) is 9.97 Å². The van der Waals surface area contributed by atoms with Gasteiger partial charge in [-0.15, -0.1) is 0 Å². The van der Waals surface area contributed by atoms with Crippen LogP contribution in [0.1, 0.15) is 37.7 Å². The van der Waals surface area contributed by atoms with E-state index < -0.39 is 10.8 Å². The van der Waals surface area contributed by atoms with Gasteiger partial charge in [-0.1, -0.05) is 42.7 Å². The number of rotatable bonds is 5. The summed E-state index contributed by atoms with van der Waals surface area (Å²) in [5.74, 6) is 8.89. The molecule has 10 heteroatoms. The Bertz CT molecular complexity index is 1070. The second-order valence-electron chi connectivity index (χ2n) is 8.42. The molecule has 2 aliphatic rings. The van der Waals surface area contributed by atoms with Crippen LogP contribution < -0.4 is 22.1 Å². The maximum atomic E-state index is 11.5. The molecule has 1 aromatic carbocycles. The zero-order valence-electron chi connectivity index (χ0n) is 18.6. The highest BCUT2D eigenvalue weighted by Crippen LogP contribution is 2.30. The van der Waals surface area contributed by atoms with Crippen LogP contribution in [0.5, 0.6) is 0 Å². The van der Waals surface area contributed by atoms with Gasteiger partial charge in [-0.3, -0.25) is 9.11 Å². The van der Waals surface area contributed by atoms with Crippen LogP contribution >= 0.6 is 11.6 Å². The lowest BCUT2D eigenvalue weighted by Gasteiger charge is -2.24. The molecule has 1 aromatic heterocycles. The Hall–Kier alpha value is -2.54. The summed E-state index contributed by atoms with van der Waals surface area (Å²) >= 11 is 6.49. The number of nitrogens with one attached hydrogen (secondary N) is 2. The molecule has 0 unspecified atom stereocenters. The van der Waals surface area contributed by atoms with E-state index in [1.54, 1.807) is 0 Å². The second-order valence-corrected chi connectivity index (χ2v) is 10.5. The van der Waals surface area contributed by atoms with Crippen LogP contribution in [0.2, 0.25) is 5.02 Å². The molecule has 6 N–H and O–H groups in total. The number of benzene rings is 1. The van der Waals surface area contributed by atoms with E-state index in [1.807, 2.05) is 18.2 Å². The average molecular weight is 488 g/mol. The summed E-state index contributed by atoms with van der Waals surface area (Å²) in [6, 6.07) is 5.90. The monoisotopic (exact) mass is 487 g/mol. The first-order chi connectivity index (χ1) is 16.0. The molecular weight excluding hydrogens is 458 g/mol. The minimum absolute atomic E-state index is 0.228. The van der Waals surface area contributed by atoms with Crippen molar-refractivity contribution < 1.29 is 4.21 Å². The third-order valence-corrected chi connectivity index (χ3v) is 7.53. The van der Waals surface area contributed by atoms with Crippen molar-refractivity contribution in [1.82, 2.24) is 14.9 Å². The van der Waals surface area contributed by atoms with E-state index in [0.29, 0.717) is 40.8 Å². The summed E-state index contributed by atoms with van der Waals surface area (Å²) < 4.78 is 11.5. The molecule has 0 radical (unpaired) electrons. The second kappa shape index (κ2) is 11.1. The molecule has 0 atom stereocenters. The summed E-state index contributed by atoms with van der Waals surface area (Å²) in [6.45, 7) is 2.31. The van der Waals surface area contributed by atoms with Crippen molar-refractivity contribution in [3.63, 3.8) is 0 Å². The topological polar surface area (TPSA) is 122 Å². The SMILES string of the molecule is Nc1nc(Nc2ccc(C#CCN3CCS(=O)CC3)cc2Cl)nc(NC2CCCCC2)c1N. The molecule has 0 bridgehead atoms.